The van der Waals surface area contributed by atoms with Crippen molar-refractivity contribution in [1.29, 1.82) is 0 Å². The first-order chi connectivity index (χ1) is 28.3. The van der Waals surface area contributed by atoms with Crippen LogP contribution in [-0.4, -0.2) is 30.7 Å². The van der Waals surface area contributed by atoms with Gasteiger partial charge in [0.15, 0.2) is 0 Å². The molecule has 0 atom stereocenters. The molecule has 3 heterocycles. The van der Waals surface area contributed by atoms with Gasteiger partial charge in [0.2, 0.25) is 0 Å². The zero-order valence-electron chi connectivity index (χ0n) is 33.5. The maximum Gasteiger partial charge on any atom is 0.344 e. The zero-order chi connectivity index (χ0) is 40.1. The molecule has 7 heteroatoms. The van der Waals surface area contributed by atoms with E-state index in [2.05, 4.69) is 122 Å². The van der Waals surface area contributed by atoms with Crippen LogP contribution in [0.1, 0.15) is 27.7 Å². The van der Waals surface area contributed by atoms with Gasteiger partial charge in [-0.05, 0) is 122 Å². The topological polar surface area (TPSA) is 71.8 Å². The molecular formula is C51H45N3O4. The highest BCUT2D eigenvalue weighted by Gasteiger charge is 2.16. The van der Waals surface area contributed by atoms with Crippen molar-refractivity contribution in [3.8, 4) is 44.5 Å². The van der Waals surface area contributed by atoms with Crippen LogP contribution in [0.2, 0.25) is 0 Å². The van der Waals surface area contributed by atoms with Crippen LogP contribution < -0.4 is 21.1 Å². The molecule has 0 radical (unpaired) electrons. The number of benzene rings is 6. The van der Waals surface area contributed by atoms with E-state index in [1.807, 2.05) is 60.7 Å². The number of rotatable bonds is 10. The van der Waals surface area contributed by atoms with Gasteiger partial charge < -0.3 is 23.2 Å². The molecule has 0 saturated heterocycles. The summed E-state index contributed by atoms with van der Waals surface area (Å²) in [6.07, 6.45) is 0. The summed E-state index contributed by atoms with van der Waals surface area (Å²) >= 11 is 0. The van der Waals surface area contributed by atoms with Crippen LogP contribution in [0.3, 0.4) is 0 Å². The van der Waals surface area contributed by atoms with Gasteiger partial charge in [-0.1, -0.05) is 60.7 Å². The first-order valence-electron chi connectivity index (χ1n) is 20.2. The number of aryl methyl sites for hydroxylation is 1. The Morgan fingerprint density at radius 3 is 1.26 bits per heavy atom. The van der Waals surface area contributed by atoms with Crippen LogP contribution in [0.4, 0.5) is 11.4 Å². The molecule has 0 amide bonds. The fraction of sp³-hybridized carbons (Fsp3) is 0.176. The number of fused-ring (bicyclic) bond motifs is 5. The van der Waals surface area contributed by atoms with Gasteiger partial charge in [-0.15, -0.1) is 0 Å². The molecule has 0 unspecified atom stereocenters. The zero-order valence-corrected chi connectivity index (χ0v) is 33.5. The number of hydrogen-bond acceptors (Lipinski definition) is 6. The first kappa shape index (κ1) is 36.8. The lowest BCUT2D eigenvalue weighted by atomic mass is 9.97. The van der Waals surface area contributed by atoms with Gasteiger partial charge in [0.25, 0.3) is 0 Å². The van der Waals surface area contributed by atoms with Gasteiger partial charge in [0, 0.05) is 89.3 Å². The van der Waals surface area contributed by atoms with Crippen molar-refractivity contribution in [2.45, 2.75) is 27.7 Å². The standard InChI is InChI=1S/C51H45N3O4/c1-6-53(7-2)40-20-16-38-26-44(50(55)57-48(38)30-40)36-14-10-12-32(24-36)34-18-22-42-43-23-19-35(29-47(43)52(5)46(42)28-34)33-13-11-15-37(25-33)45-27-39-17-21-41(54(8-3)9-4)31-49(39)58-51(45)56/h10-31H,6-9H2,1-5H3. The van der Waals surface area contributed by atoms with E-state index in [4.69, 9.17) is 8.83 Å². The van der Waals surface area contributed by atoms with E-state index in [0.29, 0.717) is 22.3 Å². The van der Waals surface area contributed by atoms with Crippen molar-refractivity contribution in [3.63, 3.8) is 0 Å². The van der Waals surface area contributed by atoms with Gasteiger partial charge in [-0.3, -0.25) is 0 Å². The smallest absolute Gasteiger partial charge is 0.344 e. The van der Waals surface area contributed by atoms with Crippen molar-refractivity contribution >= 4 is 55.1 Å². The Kier molecular flexibility index (Phi) is 9.44. The van der Waals surface area contributed by atoms with E-state index in [0.717, 1.165) is 104 Å². The van der Waals surface area contributed by atoms with E-state index < -0.39 is 0 Å². The molecule has 0 saturated carbocycles. The third-order valence-electron chi connectivity index (χ3n) is 11.7. The second-order valence-electron chi connectivity index (χ2n) is 14.9. The Bertz CT molecular complexity index is 2930. The summed E-state index contributed by atoms with van der Waals surface area (Å²) in [4.78, 5) is 31.2. The van der Waals surface area contributed by atoms with Gasteiger partial charge in [0.05, 0.1) is 11.1 Å². The largest absolute Gasteiger partial charge is 0.422 e. The first-order valence-corrected chi connectivity index (χ1v) is 20.2. The van der Waals surface area contributed by atoms with Crippen LogP contribution in [0.15, 0.2) is 152 Å². The molecule has 0 aliphatic rings. The quantitative estimate of drug-likeness (QED) is 0.129. The minimum Gasteiger partial charge on any atom is -0.422 e. The van der Waals surface area contributed by atoms with Crippen LogP contribution in [-0.2, 0) is 7.05 Å². The average molecular weight is 764 g/mol. The van der Waals surface area contributed by atoms with Gasteiger partial charge in [0.1, 0.15) is 11.2 Å². The van der Waals surface area contributed by atoms with Crippen molar-refractivity contribution in [3.05, 3.63) is 154 Å². The molecule has 0 aliphatic carbocycles. The predicted molar refractivity (Wildman–Crippen MR) is 241 cm³/mol. The van der Waals surface area contributed by atoms with Crippen molar-refractivity contribution < 1.29 is 8.83 Å². The van der Waals surface area contributed by atoms with Crippen LogP contribution in [0.5, 0.6) is 0 Å². The fourth-order valence-corrected chi connectivity index (χ4v) is 8.47. The average Bonchev–Trinajstić information content (AvgIpc) is 3.53. The SMILES string of the molecule is CCN(CC)c1ccc2cc(-c3cccc(-c4ccc5c6ccc(-c7cccc(-c8cc9ccc(N(CC)CC)cc9oc8=O)c7)cc6n(C)c5c4)c3)c(=O)oc2c1. The highest BCUT2D eigenvalue weighted by molar-refractivity contribution is 6.10. The lowest BCUT2D eigenvalue weighted by molar-refractivity contribution is 0.563. The third-order valence-corrected chi connectivity index (χ3v) is 11.7. The molecule has 0 fully saturated rings. The molecule has 58 heavy (non-hydrogen) atoms. The normalized spacial score (nSPS) is 11.6. The molecule has 0 spiro atoms. The maximum absolute atomic E-state index is 13.3. The van der Waals surface area contributed by atoms with Crippen LogP contribution >= 0.6 is 0 Å². The molecule has 0 N–H and O–H groups in total. The highest BCUT2D eigenvalue weighted by atomic mass is 16.4. The molecular weight excluding hydrogens is 719 g/mol. The van der Waals surface area contributed by atoms with Gasteiger partial charge in [-0.25, -0.2) is 9.59 Å². The lowest BCUT2D eigenvalue weighted by Gasteiger charge is -2.21. The monoisotopic (exact) mass is 763 g/mol. The van der Waals surface area contributed by atoms with E-state index in [-0.39, 0.29) is 11.3 Å². The number of anilines is 2. The molecule has 0 bridgehead atoms. The summed E-state index contributed by atoms with van der Waals surface area (Å²) in [5, 5.41) is 4.11. The second-order valence-corrected chi connectivity index (χ2v) is 14.9. The lowest BCUT2D eigenvalue weighted by Crippen LogP contribution is -2.21. The Morgan fingerprint density at radius 1 is 0.448 bits per heavy atom. The molecule has 288 valence electrons. The Labute approximate surface area is 337 Å². The molecule has 7 nitrogen and oxygen atoms in total. The van der Waals surface area contributed by atoms with E-state index in [1.54, 1.807) is 0 Å². The summed E-state index contributed by atoms with van der Waals surface area (Å²) in [5.41, 5.74) is 11.6. The van der Waals surface area contributed by atoms with E-state index in [1.165, 1.54) is 0 Å². The summed E-state index contributed by atoms with van der Waals surface area (Å²) in [5.74, 6) is 0. The summed E-state index contributed by atoms with van der Waals surface area (Å²) in [6, 6.07) is 45.3. The minimum absolute atomic E-state index is 0.350. The maximum atomic E-state index is 13.3. The number of nitrogens with zero attached hydrogens (tertiary/aromatic N) is 3. The Morgan fingerprint density at radius 2 is 0.845 bits per heavy atom. The van der Waals surface area contributed by atoms with Gasteiger partial charge in [-0.2, -0.15) is 0 Å². The molecule has 0 aliphatic heterocycles. The predicted octanol–water partition coefficient (Wildman–Crippen LogP) is 11.9. The second kappa shape index (κ2) is 14.9. The third kappa shape index (κ3) is 6.42. The van der Waals surface area contributed by atoms with Crippen LogP contribution in [0, 0.1) is 0 Å². The van der Waals surface area contributed by atoms with Crippen molar-refractivity contribution in [1.82, 2.24) is 4.57 Å². The van der Waals surface area contributed by atoms with Crippen molar-refractivity contribution in [2.24, 2.45) is 7.05 Å². The fourth-order valence-electron chi connectivity index (χ4n) is 8.47. The Balaban J connectivity index is 1.04. The van der Waals surface area contributed by atoms with Crippen molar-refractivity contribution in [2.75, 3.05) is 36.0 Å². The highest BCUT2D eigenvalue weighted by Crippen LogP contribution is 2.36. The van der Waals surface area contributed by atoms with E-state index >= 15 is 0 Å². The number of aromatic nitrogens is 1. The molecule has 9 rings (SSSR count). The molecule has 6 aromatic carbocycles. The van der Waals surface area contributed by atoms with E-state index in [9.17, 15) is 9.59 Å². The number of hydrogen-bond donors (Lipinski definition) is 0. The minimum atomic E-state index is -0.350. The molecule has 9 aromatic rings. The van der Waals surface area contributed by atoms with Gasteiger partial charge >= 0.3 is 11.3 Å². The summed E-state index contributed by atoms with van der Waals surface area (Å²) in [6.45, 7) is 12.0. The summed E-state index contributed by atoms with van der Waals surface area (Å²) in [7, 11) is 2.10. The summed E-state index contributed by atoms with van der Waals surface area (Å²) < 4.78 is 14.0. The molecule has 3 aromatic heterocycles. The Hall–Kier alpha value is -6.86. The van der Waals surface area contributed by atoms with Crippen LogP contribution in [0.25, 0.3) is 88.3 Å².